The largest absolute Gasteiger partial charge is 0.0612 e. The maximum Gasteiger partial charge on any atom is -0.0143 e. The number of hydrogen-bond donors (Lipinski definition) is 0. The zero-order valence-electron chi connectivity index (χ0n) is 15.9. The van der Waals surface area contributed by atoms with E-state index in [1.54, 1.807) is 5.56 Å². The van der Waals surface area contributed by atoms with Crippen molar-refractivity contribution in [3.8, 4) is 11.1 Å². The van der Waals surface area contributed by atoms with E-state index < -0.39 is 0 Å². The fraction of sp³-hybridized carbons (Fsp3) is 0.360. The fourth-order valence-corrected chi connectivity index (χ4v) is 4.06. The average molecular weight is 328 g/mol. The van der Waals surface area contributed by atoms with Gasteiger partial charge in [-0.25, -0.2) is 0 Å². The average Bonchev–Trinajstić information content (AvgIpc) is 3.45. The Balaban J connectivity index is 1.94. The van der Waals surface area contributed by atoms with Crippen molar-refractivity contribution >= 4 is 10.8 Å². The number of benzene rings is 3. The molecule has 0 bridgehead atoms. The van der Waals surface area contributed by atoms with Gasteiger partial charge in [-0.2, -0.15) is 0 Å². The fourth-order valence-electron chi connectivity index (χ4n) is 4.06. The van der Waals surface area contributed by atoms with E-state index in [4.69, 9.17) is 0 Å². The third-order valence-corrected chi connectivity index (χ3v) is 5.69. The molecule has 0 aromatic heterocycles. The highest BCUT2D eigenvalue weighted by atomic mass is 14.3. The van der Waals surface area contributed by atoms with Gasteiger partial charge in [0.05, 0.1) is 0 Å². The highest BCUT2D eigenvalue weighted by Crippen LogP contribution is 2.46. The molecule has 1 aliphatic carbocycles. The summed E-state index contributed by atoms with van der Waals surface area (Å²) in [5, 5.41) is 2.78. The van der Waals surface area contributed by atoms with Gasteiger partial charge in [0.15, 0.2) is 0 Å². The summed E-state index contributed by atoms with van der Waals surface area (Å²) in [4.78, 5) is 0. The first-order valence-corrected chi connectivity index (χ1v) is 9.75. The van der Waals surface area contributed by atoms with Crippen LogP contribution in [0.1, 0.15) is 67.7 Å². The van der Waals surface area contributed by atoms with Gasteiger partial charge < -0.3 is 0 Å². The molecular formula is C25H28. The van der Waals surface area contributed by atoms with Crippen molar-refractivity contribution in [2.75, 3.05) is 0 Å². The van der Waals surface area contributed by atoms with Crippen LogP contribution < -0.4 is 0 Å². The van der Waals surface area contributed by atoms with Crippen molar-refractivity contribution in [2.24, 2.45) is 0 Å². The van der Waals surface area contributed by atoms with E-state index >= 15 is 0 Å². The van der Waals surface area contributed by atoms with Crippen LogP contribution in [0.3, 0.4) is 0 Å². The van der Waals surface area contributed by atoms with Gasteiger partial charge in [0, 0.05) is 0 Å². The summed E-state index contributed by atoms with van der Waals surface area (Å²) >= 11 is 0. The first-order valence-electron chi connectivity index (χ1n) is 9.75. The van der Waals surface area contributed by atoms with Crippen LogP contribution in [0.25, 0.3) is 21.9 Å². The van der Waals surface area contributed by atoms with Crippen LogP contribution in [0.15, 0.2) is 48.5 Å². The van der Waals surface area contributed by atoms with Crippen molar-refractivity contribution in [3.05, 3.63) is 70.8 Å². The molecule has 4 rings (SSSR count). The topological polar surface area (TPSA) is 0 Å². The highest BCUT2D eigenvalue weighted by Gasteiger charge is 2.27. The van der Waals surface area contributed by atoms with Gasteiger partial charge in [-0.1, -0.05) is 74.9 Å². The summed E-state index contributed by atoms with van der Waals surface area (Å²) in [5.41, 5.74) is 8.79. The standard InChI is InChI=1S/C25H28/c1-5-21-22-11-6-17(4)14-20(22)10-13-23(21)24-12-9-19(16(2)3)15-25(24)18-7-8-18/h6,9-16,18H,5,7-8H2,1-4H3. The Morgan fingerprint density at radius 1 is 0.920 bits per heavy atom. The minimum atomic E-state index is 0.594. The summed E-state index contributed by atoms with van der Waals surface area (Å²) in [7, 11) is 0. The van der Waals surface area contributed by atoms with Crippen LogP contribution in [0, 0.1) is 6.92 Å². The first kappa shape index (κ1) is 16.4. The van der Waals surface area contributed by atoms with Crippen molar-refractivity contribution < 1.29 is 0 Å². The van der Waals surface area contributed by atoms with Gasteiger partial charge in [-0.3, -0.25) is 0 Å². The molecule has 0 nitrogen and oxygen atoms in total. The molecule has 25 heavy (non-hydrogen) atoms. The van der Waals surface area contributed by atoms with Gasteiger partial charge >= 0.3 is 0 Å². The molecular weight excluding hydrogens is 300 g/mol. The SMILES string of the molecule is CCc1c(-c2ccc(C(C)C)cc2C2CC2)ccc2cc(C)ccc12. The molecule has 1 fully saturated rings. The lowest BCUT2D eigenvalue weighted by molar-refractivity contribution is 0.862. The maximum absolute atomic E-state index is 2.48. The zero-order chi connectivity index (χ0) is 17.6. The Morgan fingerprint density at radius 2 is 1.68 bits per heavy atom. The van der Waals surface area contributed by atoms with E-state index in [0.29, 0.717) is 5.92 Å². The summed E-state index contributed by atoms with van der Waals surface area (Å²) in [6, 6.07) is 18.7. The Kier molecular flexibility index (Phi) is 4.15. The molecule has 128 valence electrons. The normalized spacial score (nSPS) is 14.4. The lowest BCUT2D eigenvalue weighted by Crippen LogP contribution is -1.97. The van der Waals surface area contributed by atoms with Crippen LogP contribution in [-0.2, 0) is 6.42 Å². The zero-order valence-corrected chi connectivity index (χ0v) is 15.9. The predicted molar refractivity (Wildman–Crippen MR) is 110 cm³/mol. The Labute approximate surface area is 151 Å². The van der Waals surface area contributed by atoms with E-state index in [1.165, 1.54) is 51.4 Å². The van der Waals surface area contributed by atoms with Crippen LogP contribution in [0.5, 0.6) is 0 Å². The lowest BCUT2D eigenvalue weighted by Gasteiger charge is -2.18. The Hall–Kier alpha value is -2.08. The monoisotopic (exact) mass is 328 g/mol. The molecule has 0 heterocycles. The van der Waals surface area contributed by atoms with Gasteiger partial charge in [-0.05, 0) is 76.6 Å². The van der Waals surface area contributed by atoms with Gasteiger partial charge in [0.2, 0.25) is 0 Å². The van der Waals surface area contributed by atoms with Gasteiger partial charge in [0.25, 0.3) is 0 Å². The predicted octanol–water partition coefficient (Wildman–Crippen LogP) is 7.38. The van der Waals surface area contributed by atoms with Gasteiger partial charge in [-0.15, -0.1) is 0 Å². The van der Waals surface area contributed by atoms with Crippen LogP contribution >= 0.6 is 0 Å². The smallest absolute Gasteiger partial charge is 0.0143 e. The molecule has 3 aromatic carbocycles. The number of hydrogen-bond acceptors (Lipinski definition) is 0. The van der Waals surface area contributed by atoms with Gasteiger partial charge in [0.1, 0.15) is 0 Å². The molecule has 0 amide bonds. The first-order chi connectivity index (χ1) is 12.1. The molecule has 0 atom stereocenters. The van der Waals surface area contributed by atoms with E-state index in [1.807, 2.05) is 0 Å². The lowest BCUT2D eigenvalue weighted by atomic mass is 9.87. The second kappa shape index (κ2) is 6.33. The maximum atomic E-state index is 2.48. The molecule has 0 unspecified atom stereocenters. The quantitative estimate of drug-likeness (QED) is 0.468. The minimum absolute atomic E-state index is 0.594. The molecule has 0 spiro atoms. The third kappa shape index (κ3) is 2.99. The van der Waals surface area contributed by atoms with E-state index in [2.05, 4.69) is 76.2 Å². The molecule has 0 N–H and O–H groups in total. The summed E-state index contributed by atoms with van der Waals surface area (Å²) in [6.07, 6.45) is 3.78. The molecule has 0 heteroatoms. The van der Waals surface area contributed by atoms with Crippen molar-refractivity contribution in [2.45, 2.75) is 58.8 Å². The van der Waals surface area contributed by atoms with Crippen molar-refractivity contribution in [3.63, 3.8) is 0 Å². The Morgan fingerprint density at radius 3 is 2.36 bits per heavy atom. The number of aryl methyl sites for hydroxylation is 2. The second-order valence-electron chi connectivity index (χ2n) is 7.95. The second-order valence-corrected chi connectivity index (χ2v) is 7.95. The summed E-state index contributed by atoms with van der Waals surface area (Å²) in [5.74, 6) is 1.36. The van der Waals surface area contributed by atoms with E-state index in [9.17, 15) is 0 Å². The van der Waals surface area contributed by atoms with Crippen LogP contribution in [0.4, 0.5) is 0 Å². The summed E-state index contributed by atoms with van der Waals surface area (Å²) in [6.45, 7) is 9.05. The molecule has 1 aliphatic rings. The molecule has 3 aromatic rings. The van der Waals surface area contributed by atoms with Crippen LogP contribution in [0.2, 0.25) is 0 Å². The molecule has 0 radical (unpaired) electrons. The summed E-state index contributed by atoms with van der Waals surface area (Å²) < 4.78 is 0. The molecule has 0 aliphatic heterocycles. The van der Waals surface area contributed by atoms with Crippen molar-refractivity contribution in [1.29, 1.82) is 0 Å². The van der Waals surface area contributed by atoms with Crippen molar-refractivity contribution in [1.82, 2.24) is 0 Å². The van der Waals surface area contributed by atoms with Crippen LogP contribution in [-0.4, -0.2) is 0 Å². The third-order valence-electron chi connectivity index (χ3n) is 5.69. The number of fused-ring (bicyclic) bond motifs is 1. The molecule has 1 saturated carbocycles. The molecule has 0 saturated heterocycles. The van der Waals surface area contributed by atoms with E-state index in [0.717, 1.165) is 12.3 Å². The Bertz CT molecular complexity index is 926. The van der Waals surface area contributed by atoms with E-state index in [-0.39, 0.29) is 0 Å². The highest BCUT2D eigenvalue weighted by molar-refractivity contribution is 5.93. The number of rotatable bonds is 4. The minimum Gasteiger partial charge on any atom is -0.0612 e.